The van der Waals surface area contributed by atoms with Gasteiger partial charge in [-0.25, -0.2) is 0 Å². The van der Waals surface area contributed by atoms with Gasteiger partial charge >= 0.3 is 11.9 Å². The Hall–Kier alpha value is -3.17. The zero-order chi connectivity index (χ0) is 13.8. The quantitative estimate of drug-likeness (QED) is 0.458. The Morgan fingerprint density at radius 3 is 2.42 bits per heavy atom. The number of benzene rings is 1. The molecular formula is C9H6N6O4. The summed E-state index contributed by atoms with van der Waals surface area (Å²) in [5.74, 6) is -1.70. The summed E-state index contributed by atoms with van der Waals surface area (Å²) in [6.45, 7) is 0. The molecule has 10 heteroatoms. The number of nitrogens with zero attached hydrogens (tertiary/aromatic N) is 6. The number of aromatic nitrogens is 3. The molecule has 96 valence electrons. The highest BCUT2D eigenvalue weighted by Crippen LogP contribution is 2.12. The summed E-state index contributed by atoms with van der Waals surface area (Å²) in [7, 11) is 0. The minimum absolute atomic E-state index is 0.505. The SMILES string of the molecule is O=[N+]([O-])c1nc([N+](=O)[O-])n(/N=C/c2ccccc2)n1. The molecular weight excluding hydrogens is 256 g/mol. The predicted octanol–water partition coefficient (Wildman–Crippen LogP) is 0.977. The van der Waals surface area contributed by atoms with Gasteiger partial charge in [-0.05, 0) is 15.4 Å². The van der Waals surface area contributed by atoms with Gasteiger partial charge in [-0.2, -0.15) is 0 Å². The molecule has 0 amide bonds. The van der Waals surface area contributed by atoms with Crippen molar-refractivity contribution in [3.05, 3.63) is 56.1 Å². The van der Waals surface area contributed by atoms with Crippen LogP contribution in [0.1, 0.15) is 5.56 Å². The van der Waals surface area contributed by atoms with E-state index in [2.05, 4.69) is 15.2 Å². The second kappa shape index (κ2) is 5.00. The van der Waals surface area contributed by atoms with Crippen molar-refractivity contribution in [1.82, 2.24) is 14.9 Å². The van der Waals surface area contributed by atoms with Gasteiger partial charge in [0, 0.05) is 4.98 Å². The third-order valence-electron chi connectivity index (χ3n) is 2.01. The summed E-state index contributed by atoms with van der Waals surface area (Å²) in [5.41, 5.74) is 0.662. The van der Waals surface area contributed by atoms with Gasteiger partial charge in [0.2, 0.25) is 0 Å². The first-order valence-corrected chi connectivity index (χ1v) is 4.93. The first-order valence-electron chi connectivity index (χ1n) is 4.93. The number of nitro groups is 2. The van der Waals surface area contributed by atoms with E-state index in [1.165, 1.54) is 6.21 Å². The zero-order valence-corrected chi connectivity index (χ0v) is 9.28. The van der Waals surface area contributed by atoms with Crippen LogP contribution >= 0.6 is 0 Å². The molecule has 0 aliphatic heterocycles. The lowest BCUT2D eigenvalue weighted by molar-refractivity contribution is -0.403. The predicted molar refractivity (Wildman–Crippen MR) is 62.8 cm³/mol. The van der Waals surface area contributed by atoms with Crippen LogP contribution in [0, 0.1) is 20.2 Å². The lowest BCUT2D eigenvalue weighted by Crippen LogP contribution is -2.00. The molecule has 0 saturated heterocycles. The fraction of sp³-hybridized carbons (Fsp3) is 0. The zero-order valence-electron chi connectivity index (χ0n) is 9.28. The van der Waals surface area contributed by atoms with E-state index in [1.807, 2.05) is 0 Å². The van der Waals surface area contributed by atoms with Gasteiger partial charge < -0.3 is 20.2 Å². The van der Waals surface area contributed by atoms with Crippen LogP contribution in [0.3, 0.4) is 0 Å². The van der Waals surface area contributed by atoms with Gasteiger partial charge in [0.05, 0.1) is 11.0 Å². The highest BCUT2D eigenvalue weighted by atomic mass is 16.6. The Morgan fingerprint density at radius 2 is 1.84 bits per heavy atom. The first-order chi connectivity index (χ1) is 9.08. The Kier molecular flexibility index (Phi) is 3.23. The molecule has 1 aromatic carbocycles. The van der Waals surface area contributed by atoms with Crippen LogP contribution < -0.4 is 0 Å². The molecule has 0 aliphatic carbocycles. The lowest BCUT2D eigenvalue weighted by atomic mass is 10.2. The van der Waals surface area contributed by atoms with E-state index in [1.54, 1.807) is 30.3 Å². The minimum Gasteiger partial charge on any atom is -0.390 e. The molecule has 0 radical (unpaired) electrons. The average molecular weight is 262 g/mol. The van der Waals surface area contributed by atoms with Gasteiger partial charge in [0.15, 0.2) is 0 Å². The normalized spacial score (nSPS) is 10.7. The van der Waals surface area contributed by atoms with E-state index in [0.717, 1.165) is 0 Å². The molecule has 0 spiro atoms. The summed E-state index contributed by atoms with van der Waals surface area (Å²) in [6, 6.07) is 8.71. The van der Waals surface area contributed by atoms with E-state index in [0.29, 0.717) is 10.4 Å². The van der Waals surface area contributed by atoms with Gasteiger partial charge in [-0.3, -0.25) is 0 Å². The average Bonchev–Trinajstić information content (AvgIpc) is 2.82. The fourth-order valence-electron chi connectivity index (χ4n) is 1.22. The molecule has 0 saturated carbocycles. The first kappa shape index (κ1) is 12.3. The Labute approximate surface area is 105 Å². The van der Waals surface area contributed by atoms with Crippen LogP contribution in [-0.2, 0) is 0 Å². The number of rotatable bonds is 4. The van der Waals surface area contributed by atoms with Crippen molar-refractivity contribution in [1.29, 1.82) is 0 Å². The topological polar surface area (TPSA) is 129 Å². The Bertz CT molecular complexity index is 650. The third-order valence-corrected chi connectivity index (χ3v) is 2.01. The van der Waals surface area contributed by atoms with Gasteiger partial charge in [0.1, 0.15) is 5.10 Å². The van der Waals surface area contributed by atoms with Crippen LogP contribution in [0.5, 0.6) is 0 Å². The van der Waals surface area contributed by atoms with Gasteiger partial charge in [-0.1, -0.05) is 35.4 Å². The van der Waals surface area contributed by atoms with Crippen molar-refractivity contribution in [2.24, 2.45) is 5.10 Å². The summed E-state index contributed by atoms with van der Waals surface area (Å²) >= 11 is 0. The standard InChI is InChI=1S/C9H6N6O4/c16-14(17)8-11-9(15(18)19)13(12-8)10-6-7-4-2-1-3-5-7/h1-6H/b10-6+. The molecule has 2 aromatic rings. The van der Waals surface area contributed by atoms with E-state index >= 15 is 0 Å². The van der Waals surface area contributed by atoms with Crippen LogP contribution in [0.25, 0.3) is 0 Å². The summed E-state index contributed by atoms with van der Waals surface area (Å²) in [4.78, 5) is 22.9. The summed E-state index contributed by atoms with van der Waals surface area (Å²) in [5, 5.41) is 28.1. The van der Waals surface area contributed by atoms with Crippen molar-refractivity contribution in [3.8, 4) is 0 Å². The Morgan fingerprint density at radius 1 is 1.16 bits per heavy atom. The van der Waals surface area contributed by atoms with Gasteiger partial charge in [0.25, 0.3) is 0 Å². The van der Waals surface area contributed by atoms with E-state index < -0.39 is 21.7 Å². The Balaban J connectivity index is 2.36. The summed E-state index contributed by atoms with van der Waals surface area (Å²) in [6.07, 6.45) is 1.28. The molecule has 0 fully saturated rings. The lowest BCUT2D eigenvalue weighted by Gasteiger charge is -1.89. The number of hydrogen-bond acceptors (Lipinski definition) is 7. The van der Waals surface area contributed by atoms with Crippen LogP contribution in [0.15, 0.2) is 35.4 Å². The van der Waals surface area contributed by atoms with Crippen LogP contribution in [0.2, 0.25) is 0 Å². The van der Waals surface area contributed by atoms with Crippen molar-refractivity contribution >= 4 is 18.1 Å². The maximum absolute atomic E-state index is 10.7. The molecule has 2 rings (SSSR count). The summed E-state index contributed by atoms with van der Waals surface area (Å²) < 4.78 is 0. The molecule has 0 unspecified atom stereocenters. The third kappa shape index (κ3) is 2.74. The van der Waals surface area contributed by atoms with E-state index in [4.69, 9.17) is 0 Å². The smallest absolute Gasteiger partial charge is 0.390 e. The van der Waals surface area contributed by atoms with Gasteiger partial charge in [-0.15, -0.1) is 0 Å². The molecule has 0 bridgehead atoms. The van der Waals surface area contributed by atoms with Crippen molar-refractivity contribution in [3.63, 3.8) is 0 Å². The van der Waals surface area contributed by atoms with E-state index in [9.17, 15) is 20.2 Å². The van der Waals surface area contributed by atoms with Crippen molar-refractivity contribution in [2.75, 3.05) is 0 Å². The van der Waals surface area contributed by atoms with Crippen molar-refractivity contribution in [2.45, 2.75) is 0 Å². The largest absolute Gasteiger partial charge is 0.510 e. The second-order valence-electron chi connectivity index (χ2n) is 3.27. The van der Waals surface area contributed by atoms with E-state index in [-0.39, 0.29) is 0 Å². The molecule has 1 aromatic heterocycles. The highest BCUT2D eigenvalue weighted by Gasteiger charge is 2.28. The monoisotopic (exact) mass is 262 g/mol. The molecule has 1 heterocycles. The molecule has 19 heavy (non-hydrogen) atoms. The molecule has 0 N–H and O–H groups in total. The molecule has 10 nitrogen and oxygen atoms in total. The van der Waals surface area contributed by atoms with Crippen LogP contribution in [-0.4, -0.2) is 30.9 Å². The second-order valence-corrected chi connectivity index (χ2v) is 3.27. The highest BCUT2D eigenvalue weighted by molar-refractivity contribution is 5.79. The maximum Gasteiger partial charge on any atom is 0.510 e. The molecule has 0 atom stereocenters. The molecule has 0 aliphatic rings. The van der Waals surface area contributed by atoms with Crippen molar-refractivity contribution < 1.29 is 9.85 Å². The maximum atomic E-state index is 10.7. The minimum atomic E-state index is -0.929. The number of hydrogen-bond donors (Lipinski definition) is 0. The fourth-order valence-corrected chi connectivity index (χ4v) is 1.22. The van der Waals surface area contributed by atoms with Crippen LogP contribution in [0.4, 0.5) is 11.9 Å².